The number of carbonyl (C=O) groups excluding carboxylic acids is 1. The molecule has 0 radical (unpaired) electrons. The third-order valence-electron chi connectivity index (χ3n) is 6.03. The highest BCUT2D eigenvalue weighted by Crippen LogP contribution is 2.25. The zero-order valence-electron chi connectivity index (χ0n) is 21.0. The Hall–Kier alpha value is -4.15. The minimum atomic E-state index is -3.82. The molecule has 196 valence electrons. The summed E-state index contributed by atoms with van der Waals surface area (Å²) in [5.41, 5.74) is 3.29. The van der Waals surface area contributed by atoms with Crippen LogP contribution in [0.15, 0.2) is 107 Å². The van der Waals surface area contributed by atoms with E-state index >= 15 is 0 Å². The Labute approximate surface area is 223 Å². The summed E-state index contributed by atoms with van der Waals surface area (Å²) in [6.45, 7) is 3.66. The van der Waals surface area contributed by atoms with E-state index in [0.717, 1.165) is 15.4 Å². The third-order valence-corrected chi connectivity index (χ3v) is 9.20. The van der Waals surface area contributed by atoms with Crippen LogP contribution in [0, 0.1) is 13.8 Å². The van der Waals surface area contributed by atoms with E-state index < -0.39 is 26.0 Å². The fourth-order valence-electron chi connectivity index (χ4n) is 3.80. The van der Waals surface area contributed by atoms with Crippen molar-refractivity contribution in [3.63, 3.8) is 0 Å². The number of sulfonamides is 2. The van der Waals surface area contributed by atoms with E-state index in [9.17, 15) is 21.6 Å². The second-order valence-electron chi connectivity index (χ2n) is 8.68. The van der Waals surface area contributed by atoms with Gasteiger partial charge in [0.1, 0.15) is 0 Å². The summed E-state index contributed by atoms with van der Waals surface area (Å²) in [7, 11) is -6.11. The largest absolute Gasteiger partial charge is 0.322 e. The van der Waals surface area contributed by atoms with Crippen LogP contribution in [0.25, 0.3) is 0 Å². The number of benzene rings is 4. The summed E-state index contributed by atoms with van der Waals surface area (Å²) >= 11 is 0. The van der Waals surface area contributed by atoms with E-state index in [1.165, 1.54) is 55.6 Å². The lowest BCUT2D eigenvalue weighted by molar-refractivity contribution is 0.102. The molecular weight excluding hydrogens is 522 g/mol. The zero-order valence-corrected chi connectivity index (χ0v) is 22.7. The van der Waals surface area contributed by atoms with E-state index in [0.29, 0.717) is 22.6 Å². The van der Waals surface area contributed by atoms with E-state index in [2.05, 4.69) is 10.0 Å². The predicted molar refractivity (Wildman–Crippen MR) is 150 cm³/mol. The zero-order chi connectivity index (χ0) is 27.5. The summed E-state index contributed by atoms with van der Waals surface area (Å²) in [5.74, 6) is -0.422. The van der Waals surface area contributed by atoms with Crippen molar-refractivity contribution < 1.29 is 21.6 Å². The van der Waals surface area contributed by atoms with E-state index in [1.54, 1.807) is 30.3 Å². The summed E-state index contributed by atoms with van der Waals surface area (Å²) in [4.78, 5) is 13.0. The van der Waals surface area contributed by atoms with Gasteiger partial charge in [0.2, 0.25) is 0 Å². The van der Waals surface area contributed by atoms with Gasteiger partial charge < -0.3 is 5.32 Å². The molecule has 4 aromatic carbocycles. The second-order valence-corrected chi connectivity index (χ2v) is 12.3. The van der Waals surface area contributed by atoms with Crippen LogP contribution < -0.4 is 14.3 Å². The van der Waals surface area contributed by atoms with E-state index in [-0.39, 0.29) is 9.79 Å². The van der Waals surface area contributed by atoms with Gasteiger partial charge in [-0.15, -0.1) is 0 Å². The number of para-hydroxylation sites is 1. The summed E-state index contributed by atoms with van der Waals surface area (Å²) in [6, 6.07) is 25.6. The minimum Gasteiger partial charge on any atom is -0.322 e. The van der Waals surface area contributed by atoms with Crippen molar-refractivity contribution in [1.82, 2.24) is 0 Å². The first-order valence-corrected chi connectivity index (χ1v) is 14.6. The van der Waals surface area contributed by atoms with Gasteiger partial charge >= 0.3 is 0 Å². The van der Waals surface area contributed by atoms with Crippen molar-refractivity contribution in [2.75, 3.05) is 21.4 Å². The molecule has 1 amide bonds. The lowest BCUT2D eigenvalue weighted by Crippen LogP contribution is -2.26. The monoisotopic (exact) mass is 549 g/mol. The van der Waals surface area contributed by atoms with Crippen molar-refractivity contribution in [3.05, 3.63) is 114 Å². The Morgan fingerprint density at radius 2 is 1.26 bits per heavy atom. The maximum Gasteiger partial charge on any atom is 0.264 e. The maximum absolute atomic E-state index is 12.9. The number of amides is 1. The van der Waals surface area contributed by atoms with Crippen molar-refractivity contribution in [2.24, 2.45) is 0 Å². The summed E-state index contributed by atoms with van der Waals surface area (Å²) in [5, 5.41) is 2.72. The molecule has 0 heterocycles. The smallest absolute Gasteiger partial charge is 0.264 e. The van der Waals surface area contributed by atoms with E-state index in [1.807, 2.05) is 32.0 Å². The van der Waals surface area contributed by atoms with Gasteiger partial charge in [-0.25, -0.2) is 16.8 Å². The molecule has 10 heteroatoms. The molecule has 0 bridgehead atoms. The quantitative estimate of drug-likeness (QED) is 0.314. The Balaban J connectivity index is 1.44. The molecule has 0 saturated carbocycles. The molecule has 0 fully saturated rings. The number of rotatable bonds is 8. The molecular formula is C28H27N3O5S2. The van der Waals surface area contributed by atoms with Gasteiger partial charge in [0.25, 0.3) is 26.0 Å². The highest BCUT2D eigenvalue weighted by atomic mass is 32.2. The molecule has 0 aliphatic heterocycles. The number of nitrogens with one attached hydrogen (secondary N) is 2. The Morgan fingerprint density at radius 3 is 1.84 bits per heavy atom. The Bertz CT molecular complexity index is 1650. The lowest BCUT2D eigenvalue weighted by Gasteiger charge is -2.19. The van der Waals surface area contributed by atoms with Crippen molar-refractivity contribution in [3.8, 4) is 0 Å². The highest BCUT2D eigenvalue weighted by Gasteiger charge is 2.21. The molecule has 0 unspecified atom stereocenters. The fraction of sp³-hybridized carbons (Fsp3) is 0.107. The Morgan fingerprint density at radius 1 is 0.684 bits per heavy atom. The van der Waals surface area contributed by atoms with Gasteiger partial charge in [-0.1, -0.05) is 36.4 Å². The molecule has 0 aromatic heterocycles. The maximum atomic E-state index is 12.9. The van der Waals surface area contributed by atoms with Gasteiger partial charge in [-0.05, 0) is 85.6 Å². The highest BCUT2D eigenvalue weighted by molar-refractivity contribution is 7.93. The van der Waals surface area contributed by atoms with Crippen LogP contribution in [0.5, 0.6) is 0 Å². The molecule has 4 rings (SSSR count). The van der Waals surface area contributed by atoms with Crippen LogP contribution in [0.3, 0.4) is 0 Å². The van der Waals surface area contributed by atoms with Gasteiger partial charge in [0.15, 0.2) is 0 Å². The molecule has 8 nitrogen and oxygen atoms in total. The molecule has 4 aromatic rings. The standard InChI is InChI=1S/C28H27N3O5S2/c1-20-8-7-9-21(2)27(20)30-37(33,34)25-18-14-23(15-19-25)29-28(32)22-12-16-24(17-13-22)31(3)38(35,36)26-10-5-4-6-11-26/h4-19,30H,1-3H3,(H,29,32). The average Bonchev–Trinajstić information content (AvgIpc) is 2.91. The van der Waals surface area contributed by atoms with E-state index in [4.69, 9.17) is 0 Å². The van der Waals surface area contributed by atoms with Crippen LogP contribution in [-0.4, -0.2) is 29.8 Å². The molecule has 0 saturated heterocycles. The van der Waals surface area contributed by atoms with Crippen LogP contribution in [0.2, 0.25) is 0 Å². The number of anilines is 3. The van der Waals surface area contributed by atoms with Crippen molar-refractivity contribution in [2.45, 2.75) is 23.6 Å². The number of hydrogen-bond donors (Lipinski definition) is 2. The first-order valence-electron chi connectivity index (χ1n) is 11.6. The number of aryl methyl sites for hydroxylation is 2. The predicted octanol–water partition coefficient (Wildman–Crippen LogP) is 5.18. The van der Waals surface area contributed by atoms with Crippen molar-refractivity contribution >= 4 is 43.0 Å². The number of carbonyl (C=O) groups is 1. The van der Waals surface area contributed by atoms with Crippen LogP contribution in [0.1, 0.15) is 21.5 Å². The van der Waals surface area contributed by atoms with Crippen molar-refractivity contribution in [1.29, 1.82) is 0 Å². The molecule has 2 N–H and O–H groups in total. The lowest BCUT2D eigenvalue weighted by atomic mass is 10.1. The van der Waals surface area contributed by atoms with Crippen LogP contribution >= 0.6 is 0 Å². The molecule has 0 spiro atoms. The Kier molecular flexibility index (Phi) is 7.56. The second kappa shape index (κ2) is 10.7. The first kappa shape index (κ1) is 26.9. The van der Waals surface area contributed by atoms with Gasteiger partial charge in [-0.2, -0.15) is 0 Å². The third kappa shape index (κ3) is 5.71. The number of hydrogen-bond acceptors (Lipinski definition) is 5. The topological polar surface area (TPSA) is 113 Å². The van der Waals surface area contributed by atoms with Crippen LogP contribution in [-0.2, 0) is 20.0 Å². The molecule has 0 atom stereocenters. The van der Waals surface area contributed by atoms with Crippen LogP contribution in [0.4, 0.5) is 17.1 Å². The average molecular weight is 550 g/mol. The SMILES string of the molecule is Cc1cccc(C)c1NS(=O)(=O)c1ccc(NC(=O)c2ccc(N(C)S(=O)(=O)c3ccccc3)cc2)cc1. The minimum absolute atomic E-state index is 0.0603. The molecule has 0 aliphatic rings. The molecule has 38 heavy (non-hydrogen) atoms. The fourth-order valence-corrected chi connectivity index (χ4v) is 6.22. The normalized spacial score (nSPS) is 11.6. The van der Waals surface area contributed by atoms with Gasteiger partial charge in [0.05, 0.1) is 21.2 Å². The molecule has 0 aliphatic carbocycles. The summed E-state index contributed by atoms with van der Waals surface area (Å²) in [6.07, 6.45) is 0. The number of nitrogens with zero attached hydrogens (tertiary/aromatic N) is 1. The summed E-state index contributed by atoms with van der Waals surface area (Å²) < 4.78 is 55.2. The first-order chi connectivity index (χ1) is 18.0. The van der Waals surface area contributed by atoms with Gasteiger partial charge in [0, 0.05) is 18.3 Å². The van der Waals surface area contributed by atoms with Gasteiger partial charge in [-0.3, -0.25) is 13.8 Å².